The number of carbonyl (C=O) groups is 1. The summed E-state index contributed by atoms with van der Waals surface area (Å²) in [6.45, 7) is 1.52. The number of hydrogen-bond acceptors (Lipinski definition) is 8. The second kappa shape index (κ2) is 8.51. The molecular weight excluding hydrogens is 438 g/mol. The van der Waals surface area contributed by atoms with E-state index in [0.29, 0.717) is 40.7 Å². The van der Waals surface area contributed by atoms with Crippen LogP contribution in [-0.2, 0) is 11.3 Å². The fraction of sp³-hybridized carbons (Fsp3) is 0.238. The minimum absolute atomic E-state index is 0.0566. The molecule has 1 aliphatic heterocycles. The Labute approximate surface area is 187 Å². The average Bonchev–Trinajstić information content (AvgIpc) is 3.21. The number of ether oxygens (including phenoxy) is 2. The van der Waals surface area contributed by atoms with Crippen LogP contribution in [0.4, 0.5) is 10.8 Å². The summed E-state index contributed by atoms with van der Waals surface area (Å²) in [6.07, 6.45) is 3.15. The van der Waals surface area contributed by atoms with Gasteiger partial charge in [0.25, 0.3) is 11.1 Å². The number of amides is 1. The molecule has 3 heterocycles. The first-order valence-corrected chi connectivity index (χ1v) is 10.7. The molecule has 156 valence electrons. The van der Waals surface area contributed by atoms with Crippen LogP contribution in [0.3, 0.4) is 0 Å². The van der Waals surface area contributed by atoms with Crippen molar-refractivity contribution in [1.82, 2.24) is 15.2 Å². The fourth-order valence-corrected chi connectivity index (χ4v) is 4.02. The topological polar surface area (TPSA) is 89.5 Å². The fourth-order valence-electron chi connectivity index (χ4n) is 3.30. The summed E-state index contributed by atoms with van der Waals surface area (Å²) < 4.78 is 11.3. The lowest BCUT2D eigenvalue weighted by Crippen LogP contribution is -2.54. The van der Waals surface area contributed by atoms with E-state index >= 15 is 0 Å². The predicted octanol–water partition coefficient (Wildman–Crippen LogP) is 3.01. The van der Waals surface area contributed by atoms with E-state index in [-0.39, 0.29) is 18.1 Å². The number of halogens is 1. The maximum Gasteiger partial charge on any atom is 0.296 e. The quantitative estimate of drug-likeness (QED) is 0.574. The molecule has 1 amide bonds. The summed E-state index contributed by atoms with van der Waals surface area (Å²) in [5.74, 6) is 5.79. The number of fused-ring (bicyclic) bond motifs is 1. The Hall–Kier alpha value is -3.19. The number of nitrogens with one attached hydrogen (secondary N) is 1. The number of carbonyl (C=O) groups excluding carboxylic acids is 1. The number of nitrogens with zero attached hydrogens (tertiary/aromatic N) is 4. The normalized spacial score (nSPS) is 18.9. The minimum atomic E-state index is -0.298. The molecule has 2 aliphatic rings. The molecule has 5 rings (SSSR count). The van der Waals surface area contributed by atoms with E-state index in [4.69, 9.17) is 21.1 Å². The van der Waals surface area contributed by atoms with Gasteiger partial charge in [-0.2, -0.15) is 0 Å². The van der Waals surface area contributed by atoms with E-state index < -0.39 is 0 Å². The monoisotopic (exact) mass is 453 g/mol. The molecule has 1 saturated heterocycles. The molecule has 1 N–H and O–H groups in total. The van der Waals surface area contributed by atoms with Crippen molar-refractivity contribution < 1.29 is 14.3 Å². The molecule has 1 fully saturated rings. The van der Waals surface area contributed by atoms with Gasteiger partial charge < -0.3 is 14.4 Å². The van der Waals surface area contributed by atoms with Gasteiger partial charge >= 0.3 is 0 Å². The van der Waals surface area contributed by atoms with Gasteiger partial charge in [-0.15, -0.1) is 5.10 Å². The van der Waals surface area contributed by atoms with Crippen molar-refractivity contribution in [3.63, 3.8) is 0 Å². The summed E-state index contributed by atoms with van der Waals surface area (Å²) >= 11 is 7.05. The first-order valence-electron chi connectivity index (χ1n) is 9.53. The number of anilines is 2. The summed E-state index contributed by atoms with van der Waals surface area (Å²) in [6, 6.07) is 8.97. The van der Waals surface area contributed by atoms with Gasteiger partial charge in [0.05, 0.1) is 24.1 Å². The van der Waals surface area contributed by atoms with Crippen LogP contribution in [0.1, 0.15) is 15.9 Å². The molecule has 10 heteroatoms. The van der Waals surface area contributed by atoms with Crippen LogP contribution in [0, 0.1) is 11.8 Å². The smallest absolute Gasteiger partial charge is 0.296 e. The number of hydrogen-bond donors (Lipinski definition) is 1. The van der Waals surface area contributed by atoms with Crippen molar-refractivity contribution in [3.8, 4) is 17.0 Å². The first-order chi connectivity index (χ1) is 15.2. The molecule has 8 nitrogen and oxygen atoms in total. The van der Waals surface area contributed by atoms with Gasteiger partial charge in [-0.3, -0.25) is 15.1 Å². The van der Waals surface area contributed by atoms with Crippen LogP contribution in [0.25, 0.3) is 0 Å². The van der Waals surface area contributed by atoms with Crippen LogP contribution in [-0.4, -0.2) is 46.4 Å². The second-order valence-electron chi connectivity index (χ2n) is 6.85. The van der Waals surface area contributed by atoms with Crippen molar-refractivity contribution in [1.29, 1.82) is 0 Å². The Balaban J connectivity index is 1.26. The standard InChI is InChI=1S/C21H16ClN5O3S/c22-14-3-1-13(2-4-14)12-30-21-26-25-20(31-21)24-19(28)15-7-8-23-11-17(15)27-9-10-29-18-6-5-16(18)27/h1-4,7-8,11,16,18H,9-10,12H2,(H,24,25,28)/t16-,18+/m1/s1. The summed E-state index contributed by atoms with van der Waals surface area (Å²) in [5.41, 5.74) is 2.16. The Kier molecular flexibility index (Phi) is 5.42. The third-order valence-electron chi connectivity index (χ3n) is 4.88. The van der Waals surface area contributed by atoms with Gasteiger partial charge in [0.15, 0.2) is 0 Å². The molecule has 2 aromatic heterocycles. The van der Waals surface area contributed by atoms with Gasteiger partial charge in [-0.05, 0) is 35.1 Å². The third kappa shape index (κ3) is 4.18. The van der Waals surface area contributed by atoms with Gasteiger partial charge in [-0.1, -0.05) is 40.7 Å². The molecule has 0 spiro atoms. The molecule has 0 bridgehead atoms. The Morgan fingerprint density at radius 1 is 1.29 bits per heavy atom. The second-order valence-corrected chi connectivity index (χ2v) is 8.23. The number of benzene rings is 1. The molecule has 2 atom stereocenters. The average molecular weight is 454 g/mol. The van der Waals surface area contributed by atoms with Crippen LogP contribution in [0.2, 0.25) is 5.02 Å². The maximum absolute atomic E-state index is 13.0. The molecule has 3 aromatic rings. The van der Waals surface area contributed by atoms with Gasteiger partial charge in [0, 0.05) is 17.8 Å². The van der Waals surface area contributed by atoms with Crippen molar-refractivity contribution in [3.05, 3.63) is 58.9 Å². The minimum Gasteiger partial charge on any atom is -0.464 e. The number of pyridine rings is 1. The number of aromatic nitrogens is 3. The zero-order valence-electron chi connectivity index (χ0n) is 16.1. The molecule has 1 aromatic carbocycles. The van der Waals surface area contributed by atoms with Crippen LogP contribution >= 0.6 is 22.9 Å². The Bertz CT molecular complexity index is 1170. The summed E-state index contributed by atoms with van der Waals surface area (Å²) in [4.78, 5) is 19.2. The lowest BCUT2D eigenvalue weighted by molar-refractivity contribution is 0.0540. The predicted molar refractivity (Wildman–Crippen MR) is 117 cm³/mol. The van der Waals surface area contributed by atoms with Crippen molar-refractivity contribution in [2.45, 2.75) is 18.8 Å². The number of rotatable bonds is 6. The largest absolute Gasteiger partial charge is 0.464 e. The molecule has 1 aliphatic carbocycles. The highest BCUT2D eigenvalue weighted by Crippen LogP contribution is 2.30. The third-order valence-corrected chi connectivity index (χ3v) is 5.89. The van der Waals surface area contributed by atoms with Crippen molar-refractivity contribution in [2.24, 2.45) is 0 Å². The van der Waals surface area contributed by atoms with E-state index in [1.807, 2.05) is 12.1 Å². The SMILES string of the molecule is O=C(Nc1nnc(OCc2ccc(Cl)cc2)s1)c1ccncc1N1CCO[C@H]2C#C[C@H]21. The van der Waals surface area contributed by atoms with Crippen molar-refractivity contribution >= 4 is 39.7 Å². The van der Waals surface area contributed by atoms with Crippen LogP contribution < -0.4 is 15.0 Å². The van der Waals surface area contributed by atoms with E-state index in [1.165, 1.54) is 0 Å². The summed E-state index contributed by atoms with van der Waals surface area (Å²) in [5, 5.41) is 12.2. The van der Waals surface area contributed by atoms with Crippen LogP contribution in [0.15, 0.2) is 42.7 Å². The van der Waals surface area contributed by atoms with E-state index in [9.17, 15) is 4.79 Å². The number of morpholine rings is 1. The zero-order chi connectivity index (χ0) is 21.2. The van der Waals surface area contributed by atoms with Gasteiger partial charge in [0.1, 0.15) is 18.8 Å². The van der Waals surface area contributed by atoms with Gasteiger partial charge in [-0.25, -0.2) is 0 Å². The van der Waals surface area contributed by atoms with E-state index in [2.05, 4.69) is 37.2 Å². The molecule has 0 saturated carbocycles. The van der Waals surface area contributed by atoms with E-state index in [0.717, 1.165) is 22.6 Å². The maximum atomic E-state index is 13.0. The lowest BCUT2D eigenvalue weighted by Gasteiger charge is -2.41. The van der Waals surface area contributed by atoms with Crippen molar-refractivity contribution in [2.75, 3.05) is 23.4 Å². The highest BCUT2D eigenvalue weighted by molar-refractivity contribution is 7.17. The Morgan fingerprint density at radius 2 is 2.16 bits per heavy atom. The summed E-state index contributed by atoms with van der Waals surface area (Å²) in [7, 11) is 0. The lowest BCUT2D eigenvalue weighted by atomic mass is 9.98. The Morgan fingerprint density at radius 3 is 2.97 bits per heavy atom. The highest BCUT2D eigenvalue weighted by Gasteiger charge is 2.36. The highest BCUT2D eigenvalue weighted by atomic mass is 35.5. The molecular formula is C21H16ClN5O3S. The first kappa shape index (κ1) is 19.8. The van der Waals surface area contributed by atoms with Crippen LogP contribution in [0.5, 0.6) is 5.19 Å². The molecule has 31 heavy (non-hydrogen) atoms. The zero-order valence-corrected chi connectivity index (χ0v) is 17.7. The van der Waals surface area contributed by atoms with Gasteiger partial charge in [0.2, 0.25) is 5.13 Å². The van der Waals surface area contributed by atoms with E-state index in [1.54, 1.807) is 30.6 Å². The molecule has 0 unspecified atom stereocenters. The molecule has 0 radical (unpaired) electrons.